The fraction of sp³-hybridized carbons (Fsp3) is 1.00. The fourth-order valence-electron chi connectivity index (χ4n) is 2.76. The second-order valence-corrected chi connectivity index (χ2v) is 13.1. The molecule has 43 heavy (non-hydrogen) atoms. The summed E-state index contributed by atoms with van der Waals surface area (Å²) in [5.74, 6) is 0. The van der Waals surface area contributed by atoms with Gasteiger partial charge >= 0.3 is 207 Å². The maximum Gasteiger partial charge on any atom is 1.00 e. The van der Waals surface area contributed by atoms with E-state index in [9.17, 15) is 61.6 Å². The molecule has 1 aliphatic carbocycles. The van der Waals surface area contributed by atoms with Crippen molar-refractivity contribution in [2.75, 3.05) is 0 Å². The smallest absolute Gasteiger partial charge is 0.790 e. The first-order valence-corrected chi connectivity index (χ1v) is 16.8. The van der Waals surface area contributed by atoms with Crippen molar-refractivity contribution in [3.63, 3.8) is 0 Å². The molecule has 1 aliphatic rings. The molecule has 1 rings (SSSR count). The molecule has 0 aliphatic heterocycles. The number of hydrogen-bond acceptors (Lipinski definition) is 19. The minimum absolute atomic E-state index is 0. The summed E-state index contributed by atoms with van der Waals surface area (Å²) in [6.45, 7) is 0. The first-order valence-electron chi connectivity index (χ1n) is 7.88. The summed E-state index contributed by atoms with van der Waals surface area (Å²) in [6.07, 6.45) is -20.4. The zero-order valence-corrected chi connectivity index (χ0v) is 42.5. The van der Waals surface area contributed by atoms with Crippen LogP contribution in [-0.2, 0) is 54.5 Å². The van der Waals surface area contributed by atoms with E-state index < -0.39 is 83.6 Å². The van der Waals surface area contributed by atoms with Crippen molar-refractivity contribution in [2.45, 2.75) is 36.6 Å². The summed E-state index contributed by atoms with van der Waals surface area (Å²) in [5.41, 5.74) is 0. The Kier molecular flexibility index (Phi) is 39.1. The van der Waals surface area contributed by atoms with Crippen molar-refractivity contribution in [3.8, 4) is 0 Å². The molecule has 37 heteroatoms. The molecule has 0 amide bonds. The second-order valence-electron chi connectivity index (χ2n) is 6.21. The summed E-state index contributed by atoms with van der Waals surface area (Å²) in [7, 11) is -38.4. The Balaban J connectivity index is -0.000000370. The zero-order valence-electron chi connectivity index (χ0n) is 23.1. The van der Waals surface area contributed by atoms with Crippen LogP contribution in [0.5, 0.6) is 0 Å². The van der Waals surface area contributed by atoms with Gasteiger partial charge in [-0.15, -0.1) is 0 Å². The zero-order chi connectivity index (χ0) is 28.7. The maximum atomic E-state index is 11.3. The Labute approximate surface area is 396 Å². The Morgan fingerprint density at radius 1 is 0.326 bits per heavy atom. The molecule has 0 aromatic heterocycles. The van der Waals surface area contributed by atoms with Gasteiger partial charge < -0.3 is 90.4 Å². The van der Waals surface area contributed by atoms with Gasteiger partial charge in [-0.05, 0) is 0 Å². The molecule has 0 heterocycles. The van der Waals surface area contributed by atoms with Gasteiger partial charge in [-0.3, -0.25) is 22.8 Å². The van der Waals surface area contributed by atoms with Crippen LogP contribution >= 0.6 is 46.9 Å². The van der Waals surface area contributed by atoms with Gasteiger partial charge in [0.2, 0.25) is 0 Å². The molecule has 1 saturated carbocycles. The average Bonchev–Trinajstić information content (AvgIpc) is 2.51. The predicted octanol–water partition coefficient (Wildman–Crippen LogP) is -28.5. The van der Waals surface area contributed by atoms with Crippen molar-refractivity contribution in [1.29, 1.82) is 0 Å². The van der Waals surface area contributed by atoms with Gasteiger partial charge in [-0.25, -0.2) is 0 Å². The van der Waals surface area contributed by atoms with Crippen molar-refractivity contribution in [3.05, 3.63) is 0 Å². The Morgan fingerprint density at radius 2 is 0.442 bits per heavy atom. The molecule has 0 aromatic carbocycles. The molecular formula is C6H11Na7O24P6. The average molecular weight is 814 g/mol. The third kappa shape index (κ3) is 29.7. The van der Waals surface area contributed by atoms with Crippen LogP contribution in [0.25, 0.3) is 0 Å². The predicted molar refractivity (Wildman–Crippen MR) is 86.0 cm³/mol. The molecule has 0 radical (unpaired) electrons. The van der Waals surface area contributed by atoms with Gasteiger partial charge in [0.15, 0.2) is 0 Å². The molecule has 0 bridgehead atoms. The second kappa shape index (κ2) is 25.7. The first kappa shape index (κ1) is 65.5. The summed E-state index contributed by atoms with van der Waals surface area (Å²) < 4.78 is 90.3. The quantitative estimate of drug-likeness (QED) is 0.0902. The van der Waals surface area contributed by atoms with Crippen molar-refractivity contribution in [2.24, 2.45) is 0 Å². The number of rotatable bonds is 12. The van der Waals surface area contributed by atoms with Gasteiger partial charge in [0, 0.05) is 0 Å². The molecular weight excluding hydrogens is 803 g/mol. The van der Waals surface area contributed by atoms with Crippen LogP contribution in [0, 0.1) is 0 Å². The topological polar surface area (TPSA) is 420 Å². The largest absolute Gasteiger partial charge is 1.00 e. The number of phosphoric acid groups is 6. The minimum Gasteiger partial charge on any atom is -0.790 e. The van der Waals surface area contributed by atoms with E-state index in [2.05, 4.69) is 27.1 Å². The van der Waals surface area contributed by atoms with Crippen LogP contribution in [0.4, 0.5) is 0 Å². The van der Waals surface area contributed by atoms with Crippen LogP contribution in [-0.4, -0.2) is 61.1 Å². The Bertz CT molecular complexity index is 845. The summed E-state index contributed by atoms with van der Waals surface area (Å²) >= 11 is 0. The van der Waals surface area contributed by atoms with E-state index in [1.807, 2.05) is 0 Å². The van der Waals surface area contributed by atoms with Crippen LogP contribution in [0.2, 0.25) is 0 Å². The van der Waals surface area contributed by atoms with Crippen molar-refractivity contribution < 1.29 is 320 Å². The van der Waals surface area contributed by atoms with E-state index in [1.54, 1.807) is 0 Å². The molecule has 24 nitrogen and oxygen atoms in total. The summed E-state index contributed by atoms with van der Waals surface area (Å²) in [5, 5.41) is 0. The van der Waals surface area contributed by atoms with Crippen LogP contribution in [0.15, 0.2) is 0 Å². The molecule has 216 valence electrons. The summed E-state index contributed by atoms with van der Waals surface area (Å²) in [4.78, 5) is 123. The molecule has 5 N–H and O–H groups in total. The van der Waals surface area contributed by atoms with Gasteiger partial charge in [-0.1, -0.05) is 0 Å². The molecule has 11 atom stereocenters. The Hall–Kier alpha value is 7.66. The van der Waals surface area contributed by atoms with E-state index >= 15 is 0 Å². The van der Waals surface area contributed by atoms with Gasteiger partial charge in [0.05, 0.1) is 7.82 Å². The monoisotopic (exact) mass is 814 g/mol. The molecule has 7 unspecified atom stereocenters. The van der Waals surface area contributed by atoms with Crippen molar-refractivity contribution >= 4 is 46.9 Å². The van der Waals surface area contributed by atoms with E-state index in [0.29, 0.717) is 0 Å². The molecule has 1 fully saturated rings. The normalized spacial score (nSPS) is 30.1. The third-order valence-corrected chi connectivity index (χ3v) is 6.52. The van der Waals surface area contributed by atoms with Crippen LogP contribution < -0.4 is 241 Å². The van der Waals surface area contributed by atoms with Crippen LogP contribution in [0.1, 0.15) is 0 Å². The molecule has 0 spiro atoms. The SMILES string of the molecule is O=P([O-])([O-])OC1[C@@H](OP(=O)([O-])O)[C@H](OP(=O)([O-])O)C(OP(=O)([O-])O)[C@H](OP(=O)([O-])O)[C@@H]1OP(=O)([O-])O.[Na+].[Na+].[Na+].[Na+].[Na+].[Na+].[Na+]. The molecule has 0 saturated heterocycles. The van der Waals surface area contributed by atoms with E-state index in [0.717, 1.165) is 0 Å². The van der Waals surface area contributed by atoms with E-state index in [-0.39, 0.29) is 207 Å². The van der Waals surface area contributed by atoms with Gasteiger partial charge in [-0.2, -0.15) is 0 Å². The van der Waals surface area contributed by atoms with Gasteiger partial charge in [0.25, 0.3) is 39.1 Å². The molecule has 0 aromatic rings. The third-order valence-electron chi connectivity index (χ3n) is 3.47. The van der Waals surface area contributed by atoms with Gasteiger partial charge in [0.1, 0.15) is 36.6 Å². The van der Waals surface area contributed by atoms with E-state index in [4.69, 9.17) is 24.5 Å². The number of phosphoric ester groups is 6. The minimum atomic E-state index is -6.60. The van der Waals surface area contributed by atoms with E-state index in [1.165, 1.54) is 0 Å². The first-order chi connectivity index (χ1) is 15.6. The Morgan fingerprint density at radius 3 is 0.535 bits per heavy atom. The maximum absolute atomic E-state index is 11.3. The summed E-state index contributed by atoms with van der Waals surface area (Å²) in [6, 6.07) is 0. The number of hydrogen-bond donors (Lipinski definition) is 5. The van der Waals surface area contributed by atoms with Crippen molar-refractivity contribution in [1.82, 2.24) is 0 Å². The fourth-order valence-corrected chi connectivity index (χ4v) is 6.04. The standard InChI is InChI=1S/C6H18O24P6.7Na/c7-31(8,9)25-1-2(26-32(10,11)12)4(28-34(16,17)18)6(30-36(22,23)24)5(29-35(19,20)21)3(1)27-33(13,14)15;;;;;;;/h1-6H,(H2,7,8,9)(H2,10,11,12)(H2,13,14,15)(H2,16,17,18)(H2,19,20,21)(H2,22,23,24);;;;;;;/q;7*+1/p-7/t1-,2-,3?,4?,5-,6+;;;;;;;/m0......./s1. The van der Waals surface area contributed by atoms with Crippen LogP contribution in [0.3, 0.4) is 0 Å².